The summed E-state index contributed by atoms with van der Waals surface area (Å²) in [6, 6.07) is -3.46. The van der Waals surface area contributed by atoms with Crippen LogP contribution in [-0.4, -0.2) is 89.6 Å². The summed E-state index contributed by atoms with van der Waals surface area (Å²) >= 11 is 0. The number of nitrogens with zero attached hydrogens (tertiary/aromatic N) is 1. The molecule has 3 atom stereocenters. The van der Waals surface area contributed by atoms with Gasteiger partial charge in [-0.05, 0) is 71.1 Å². The molecule has 0 aromatic carbocycles. The Kier molecular flexibility index (Phi) is 12.3. The molecule has 1 heterocycles. The second-order valence-corrected chi connectivity index (χ2v) is 18.4. The summed E-state index contributed by atoms with van der Waals surface area (Å²) in [4.78, 5) is 68.1. The van der Waals surface area contributed by atoms with E-state index in [1.807, 2.05) is 27.7 Å². The molecule has 13 heteroatoms. The Bertz CT molecular complexity index is 1240. The molecule has 12 nitrogen and oxygen atoms in total. The van der Waals surface area contributed by atoms with Crippen molar-refractivity contribution < 1.29 is 32.4 Å². The number of carbonyl (C=O) groups is 5. The van der Waals surface area contributed by atoms with Gasteiger partial charge < -0.3 is 26.2 Å². The monoisotopic (exact) mass is 667 g/mol. The third kappa shape index (κ3) is 9.90. The van der Waals surface area contributed by atoms with Crippen molar-refractivity contribution in [3.8, 4) is 0 Å². The number of Topliss-reactive ketones (excluding diaryl/α,β-unsaturated/α-hetero) is 1. The number of hydrogen-bond acceptors (Lipinski definition) is 7. The van der Waals surface area contributed by atoms with Gasteiger partial charge >= 0.3 is 6.03 Å². The van der Waals surface area contributed by atoms with Crippen LogP contribution in [0.5, 0.6) is 0 Å². The fraction of sp³-hybridized carbons (Fsp3) is 0.848. The van der Waals surface area contributed by atoms with Crippen molar-refractivity contribution in [2.45, 2.75) is 160 Å². The van der Waals surface area contributed by atoms with Gasteiger partial charge in [0, 0.05) is 12.6 Å². The van der Waals surface area contributed by atoms with Gasteiger partial charge in [0.25, 0.3) is 5.91 Å². The number of nitrogens with one attached hydrogen (secondary N) is 4. The van der Waals surface area contributed by atoms with E-state index >= 15 is 0 Å². The number of ketones is 1. The van der Waals surface area contributed by atoms with Gasteiger partial charge in [0.05, 0.1) is 22.1 Å². The Labute approximate surface area is 275 Å². The van der Waals surface area contributed by atoms with E-state index in [-0.39, 0.29) is 11.8 Å². The molecule has 2 aliphatic carbocycles. The smallest absolute Gasteiger partial charge is 0.315 e. The van der Waals surface area contributed by atoms with E-state index < -0.39 is 73.2 Å². The van der Waals surface area contributed by atoms with Crippen molar-refractivity contribution in [2.24, 2.45) is 5.41 Å². The summed E-state index contributed by atoms with van der Waals surface area (Å²) in [5.41, 5.74) is -1.68. The predicted molar refractivity (Wildman–Crippen MR) is 177 cm³/mol. The lowest BCUT2D eigenvalue weighted by molar-refractivity contribution is -0.143. The lowest BCUT2D eigenvalue weighted by Crippen LogP contribution is -2.63. The Hall–Kier alpha value is -2.70. The van der Waals surface area contributed by atoms with Gasteiger partial charge in [-0.2, -0.15) is 0 Å². The molecule has 0 bridgehead atoms. The molecule has 0 aromatic heterocycles. The van der Waals surface area contributed by atoms with Crippen LogP contribution in [-0.2, 0) is 29.0 Å². The van der Waals surface area contributed by atoms with E-state index in [1.54, 1.807) is 20.8 Å². The second-order valence-electron chi connectivity index (χ2n) is 15.6. The van der Waals surface area contributed by atoms with Crippen molar-refractivity contribution in [1.29, 1.82) is 0 Å². The highest BCUT2D eigenvalue weighted by Crippen LogP contribution is 2.33. The number of likely N-dealkylation sites (tertiary alicyclic amines) is 1. The maximum atomic E-state index is 14.1. The second kappa shape index (κ2) is 15.0. The molecular formula is C33H57N5O7S. The Balaban J connectivity index is 1.75. The topological polar surface area (TPSA) is 171 Å². The standard InChI is InChI=1S/C33H57N5O7S/c1-8-9-14-23(25(39)28(41)34-22-16-17-22)35-27(40)24-15-13-20-38(24)29(42)26(31(2,3)4)36-30(43)37-33(18-11-10-12-19-33)21-46(44,45)32(5,6)7/h22-24,26H,8-21H2,1-7H3,(H,34,41)(H,35,40)(H2,36,37,43). The van der Waals surface area contributed by atoms with Gasteiger partial charge in [-0.25, -0.2) is 13.2 Å². The maximum absolute atomic E-state index is 14.1. The van der Waals surface area contributed by atoms with Gasteiger partial charge in [-0.15, -0.1) is 0 Å². The van der Waals surface area contributed by atoms with Crippen molar-refractivity contribution in [1.82, 2.24) is 26.2 Å². The molecule has 4 N–H and O–H groups in total. The van der Waals surface area contributed by atoms with Crippen LogP contribution in [0.1, 0.15) is 126 Å². The van der Waals surface area contributed by atoms with E-state index in [1.165, 1.54) is 4.90 Å². The summed E-state index contributed by atoms with van der Waals surface area (Å²) in [7, 11) is -3.55. The third-order valence-electron chi connectivity index (χ3n) is 9.43. The Morgan fingerprint density at radius 1 is 0.891 bits per heavy atom. The average Bonchev–Trinajstić information content (AvgIpc) is 3.62. The minimum atomic E-state index is -3.55. The van der Waals surface area contributed by atoms with E-state index in [2.05, 4.69) is 21.3 Å². The summed E-state index contributed by atoms with van der Waals surface area (Å²) in [6.07, 6.45) is 7.94. The highest BCUT2D eigenvalue weighted by Gasteiger charge is 2.45. The first-order chi connectivity index (χ1) is 21.3. The van der Waals surface area contributed by atoms with Crippen LogP contribution in [0.3, 0.4) is 0 Å². The minimum Gasteiger partial charge on any atom is -0.347 e. The molecule has 2 saturated carbocycles. The van der Waals surface area contributed by atoms with Crippen LogP contribution in [0.25, 0.3) is 0 Å². The highest BCUT2D eigenvalue weighted by molar-refractivity contribution is 7.92. The molecule has 0 spiro atoms. The molecule has 0 radical (unpaired) electrons. The molecule has 3 fully saturated rings. The van der Waals surface area contributed by atoms with Crippen LogP contribution in [0, 0.1) is 5.41 Å². The first kappa shape index (κ1) is 37.8. The largest absolute Gasteiger partial charge is 0.347 e. The van der Waals surface area contributed by atoms with Gasteiger partial charge in [-0.3, -0.25) is 19.2 Å². The predicted octanol–water partition coefficient (Wildman–Crippen LogP) is 3.13. The zero-order valence-electron chi connectivity index (χ0n) is 28.9. The molecule has 5 amide bonds. The van der Waals surface area contributed by atoms with Gasteiger partial charge in [-0.1, -0.05) is 59.8 Å². The molecule has 3 aliphatic rings. The van der Waals surface area contributed by atoms with Crippen LogP contribution in [0.2, 0.25) is 0 Å². The zero-order valence-corrected chi connectivity index (χ0v) is 29.7. The SMILES string of the molecule is CCCCC(NC(=O)C1CCCN1C(=O)C(NC(=O)NC1(CS(=O)(=O)C(C)(C)C)CCCCC1)C(C)(C)C)C(=O)C(=O)NC1CC1. The summed E-state index contributed by atoms with van der Waals surface area (Å²) in [5.74, 6) is -2.48. The number of unbranched alkanes of at least 4 members (excludes halogenated alkanes) is 1. The number of carbonyl (C=O) groups excluding carboxylic acids is 5. The quantitative estimate of drug-likeness (QED) is 0.219. The lowest BCUT2D eigenvalue weighted by atomic mass is 9.83. The van der Waals surface area contributed by atoms with E-state index in [0.717, 1.165) is 38.5 Å². The minimum absolute atomic E-state index is 0.0110. The van der Waals surface area contributed by atoms with E-state index in [4.69, 9.17) is 0 Å². The van der Waals surface area contributed by atoms with Crippen LogP contribution in [0.15, 0.2) is 0 Å². The maximum Gasteiger partial charge on any atom is 0.315 e. The molecule has 262 valence electrons. The van der Waals surface area contributed by atoms with Crippen LogP contribution in [0.4, 0.5) is 4.79 Å². The fourth-order valence-corrected chi connectivity index (χ4v) is 7.75. The Morgan fingerprint density at radius 3 is 2.07 bits per heavy atom. The van der Waals surface area contributed by atoms with E-state index in [0.29, 0.717) is 45.1 Å². The first-order valence-electron chi connectivity index (χ1n) is 17.1. The summed E-state index contributed by atoms with van der Waals surface area (Å²) < 4.78 is 25.5. The number of sulfone groups is 1. The van der Waals surface area contributed by atoms with Gasteiger partial charge in [0.2, 0.25) is 17.6 Å². The molecule has 3 rings (SSSR count). The molecule has 1 aliphatic heterocycles. The number of rotatable bonds is 13. The van der Waals surface area contributed by atoms with Crippen LogP contribution >= 0.6 is 0 Å². The van der Waals surface area contributed by atoms with Gasteiger partial charge in [0.1, 0.15) is 12.1 Å². The number of urea groups is 1. The molecule has 0 aromatic rings. The third-order valence-corrected chi connectivity index (χ3v) is 12.2. The Morgan fingerprint density at radius 2 is 1.52 bits per heavy atom. The molecule has 3 unspecified atom stereocenters. The summed E-state index contributed by atoms with van der Waals surface area (Å²) in [5, 5.41) is 11.3. The highest BCUT2D eigenvalue weighted by atomic mass is 32.2. The van der Waals surface area contributed by atoms with Crippen molar-refractivity contribution in [2.75, 3.05) is 12.3 Å². The van der Waals surface area contributed by atoms with Crippen molar-refractivity contribution in [3.05, 3.63) is 0 Å². The van der Waals surface area contributed by atoms with E-state index in [9.17, 15) is 32.4 Å². The number of hydrogen-bond donors (Lipinski definition) is 4. The van der Waals surface area contributed by atoms with Crippen molar-refractivity contribution >= 4 is 39.4 Å². The fourth-order valence-electron chi connectivity index (χ4n) is 6.23. The van der Waals surface area contributed by atoms with Gasteiger partial charge in [0.15, 0.2) is 9.84 Å². The summed E-state index contributed by atoms with van der Waals surface area (Å²) in [6.45, 7) is 12.7. The molecular weight excluding hydrogens is 610 g/mol. The lowest BCUT2D eigenvalue weighted by Gasteiger charge is -2.41. The zero-order chi connectivity index (χ0) is 34.5. The first-order valence-corrected chi connectivity index (χ1v) is 18.7. The average molecular weight is 668 g/mol. The van der Waals surface area contributed by atoms with Crippen molar-refractivity contribution in [3.63, 3.8) is 0 Å². The molecule has 46 heavy (non-hydrogen) atoms. The molecule has 1 saturated heterocycles. The number of amides is 5. The normalized spacial score (nSPS) is 21.5. The van der Waals surface area contributed by atoms with Crippen LogP contribution < -0.4 is 21.3 Å².